The maximum Gasteiger partial charge on any atom is 0.309 e. The van der Waals surface area contributed by atoms with Crippen LogP contribution in [0.3, 0.4) is 0 Å². The van der Waals surface area contributed by atoms with Crippen LogP contribution in [0, 0.1) is 11.8 Å². The average Bonchev–Trinajstić information content (AvgIpc) is 1.98. The van der Waals surface area contributed by atoms with E-state index in [0.717, 1.165) is 12.8 Å². The van der Waals surface area contributed by atoms with E-state index in [2.05, 4.69) is 6.92 Å². The van der Waals surface area contributed by atoms with E-state index in [-0.39, 0.29) is 18.0 Å². The lowest BCUT2D eigenvalue weighted by Gasteiger charge is -2.31. The SMILES string of the molecule is C[C@H]1CC(C(=O)OC(C)(C)C)C[C@@H](O)C1. The molecule has 15 heavy (non-hydrogen) atoms. The first-order valence-corrected chi connectivity index (χ1v) is 5.69. The van der Waals surface area contributed by atoms with Crippen molar-refractivity contribution in [2.45, 2.75) is 58.7 Å². The molecule has 0 bridgehead atoms. The van der Waals surface area contributed by atoms with Crippen molar-refractivity contribution >= 4 is 5.97 Å². The van der Waals surface area contributed by atoms with Gasteiger partial charge in [-0.1, -0.05) is 6.92 Å². The van der Waals surface area contributed by atoms with Gasteiger partial charge in [-0.05, 0) is 46.0 Å². The van der Waals surface area contributed by atoms with Crippen LogP contribution in [0.1, 0.15) is 47.0 Å². The Hall–Kier alpha value is -0.570. The summed E-state index contributed by atoms with van der Waals surface area (Å²) in [6.07, 6.45) is 1.86. The molecule has 1 saturated carbocycles. The highest BCUT2D eigenvalue weighted by molar-refractivity contribution is 5.73. The van der Waals surface area contributed by atoms with Crippen LogP contribution in [0.25, 0.3) is 0 Å². The molecule has 1 N–H and O–H groups in total. The smallest absolute Gasteiger partial charge is 0.309 e. The monoisotopic (exact) mass is 214 g/mol. The van der Waals surface area contributed by atoms with Crippen molar-refractivity contribution in [1.29, 1.82) is 0 Å². The van der Waals surface area contributed by atoms with Crippen LogP contribution in [0.15, 0.2) is 0 Å². The van der Waals surface area contributed by atoms with E-state index in [9.17, 15) is 9.90 Å². The Labute approximate surface area is 91.8 Å². The average molecular weight is 214 g/mol. The summed E-state index contributed by atoms with van der Waals surface area (Å²) in [4.78, 5) is 11.8. The van der Waals surface area contributed by atoms with Crippen LogP contribution in [0.4, 0.5) is 0 Å². The zero-order valence-corrected chi connectivity index (χ0v) is 10.1. The number of carbonyl (C=O) groups excluding carboxylic acids is 1. The van der Waals surface area contributed by atoms with Crippen molar-refractivity contribution in [3.8, 4) is 0 Å². The zero-order valence-electron chi connectivity index (χ0n) is 10.1. The van der Waals surface area contributed by atoms with Gasteiger partial charge in [-0.15, -0.1) is 0 Å². The molecule has 0 saturated heterocycles. The van der Waals surface area contributed by atoms with Gasteiger partial charge >= 0.3 is 5.97 Å². The fourth-order valence-electron chi connectivity index (χ4n) is 2.14. The number of ether oxygens (including phenoxy) is 1. The molecular weight excluding hydrogens is 192 g/mol. The number of esters is 1. The second kappa shape index (κ2) is 4.52. The van der Waals surface area contributed by atoms with Gasteiger partial charge in [0, 0.05) is 0 Å². The van der Waals surface area contributed by atoms with E-state index < -0.39 is 5.60 Å². The summed E-state index contributed by atoms with van der Waals surface area (Å²) in [6, 6.07) is 0. The Kier molecular flexibility index (Phi) is 3.77. The Bertz CT molecular complexity index is 220. The minimum atomic E-state index is -0.428. The minimum absolute atomic E-state index is 0.122. The van der Waals surface area contributed by atoms with Crippen LogP contribution >= 0.6 is 0 Å². The normalized spacial score (nSPS) is 32.5. The van der Waals surface area contributed by atoms with Crippen LogP contribution in [0.2, 0.25) is 0 Å². The summed E-state index contributed by atoms with van der Waals surface area (Å²) in [5.74, 6) is 0.127. The molecule has 1 rings (SSSR count). The third-order valence-corrected chi connectivity index (χ3v) is 2.66. The molecule has 3 nitrogen and oxygen atoms in total. The highest BCUT2D eigenvalue weighted by atomic mass is 16.6. The van der Waals surface area contributed by atoms with E-state index in [1.807, 2.05) is 20.8 Å². The number of hydrogen-bond acceptors (Lipinski definition) is 3. The number of hydrogen-bond donors (Lipinski definition) is 1. The quantitative estimate of drug-likeness (QED) is 0.680. The number of rotatable bonds is 1. The van der Waals surface area contributed by atoms with Gasteiger partial charge in [0.05, 0.1) is 12.0 Å². The van der Waals surface area contributed by atoms with Gasteiger partial charge in [-0.3, -0.25) is 4.79 Å². The molecule has 0 aromatic carbocycles. The van der Waals surface area contributed by atoms with Crippen molar-refractivity contribution in [2.24, 2.45) is 11.8 Å². The van der Waals surface area contributed by atoms with E-state index in [1.54, 1.807) is 0 Å². The molecular formula is C12H22O3. The van der Waals surface area contributed by atoms with Gasteiger partial charge in [-0.2, -0.15) is 0 Å². The molecule has 0 aliphatic heterocycles. The lowest BCUT2D eigenvalue weighted by molar-refractivity contribution is -0.163. The predicted molar refractivity (Wildman–Crippen MR) is 58.4 cm³/mol. The minimum Gasteiger partial charge on any atom is -0.460 e. The summed E-state index contributed by atoms with van der Waals surface area (Å²) >= 11 is 0. The maximum atomic E-state index is 11.8. The van der Waals surface area contributed by atoms with Crippen LogP contribution in [-0.2, 0) is 9.53 Å². The fourth-order valence-corrected chi connectivity index (χ4v) is 2.14. The molecule has 1 aliphatic rings. The summed E-state index contributed by atoms with van der Waals surface area (Å²) in [5, 5.41) is 9.59. The lowest BCUT2D eigenvalue weighted by Crippen LogP contribution is -2.34. The number of aliphatic hydroxyl groups is 1. The Balaban J connectivity index is 2.52. The topological polar surface area (TPSA) is 46.5 Å². The van der Waals surface area contributed by atoms with Crippen molar-refractivity contribution < 1.29 is 14.6 Å². The molecule has 1 unspecified atom stereocenters. The highest BCUT2D eigenvalue weighted by Crippen LogP contribution is 2.30. The van der Waals surface area contributed by atoms with Crippen LogP contribution in [-0.4, -0.2) is 22.8 Å². The first kappa shape index (κ1) is 12.5. The molecule has 1 aliphatic carbocycles. The molecule has 0 heterocycles. The summed E-state index contributed by atoms with van der Waals surface area (Å²) < 4.78 is 5.32. The van der Waals surface area contributed by atoms with Gasteiger partial charge in [-0.25, -0.2) is 0 Å². The predicted octanol–water partition coefficient (Wildman–Crippen LogP) is 2.13. The first-order chi connectivity index (χ1) is 6.78. The van der Waals surface area contributed by atoms with Gasteiger partial charge < -0.3 is 9.84 Å². The molecule has 88 valence electrons. The number of carbonyl (C=O) groups is 1. The second-order valence-electron chi connectivity index (χ2n) is 5.70. The lowest BCUT2D eigenvalue weighted by atomic mass is 9.81. The molecule has 3 atom stereocenters. The van der Waals surface area contributed by atoms with E-state index >= 15 is 0 Å². The highest BCUT2D eigenvalue weighted by Gasteiger charge is 2.32. The van der Waals surface area contributed by atoms with Crippen molar-refractivity contribution in [3.05, 3.63) is 0 Å². The maximum absolute atomic E-state index is 11.8. The molecule has 0 amide bonds. The van der Waals surface area contributed by atoms with Crippen LogP contribution < -0.4 is 0 Å². The summed E-state index contributed by atoms with van der Waals surface area (Å²) in [5.41, 5.74) is -0.428. The van der Waals surface area contributed by atoms with E-state index in [1.165, 1.54) is 0 Å². The van der Waals surface area contributed by atoms with Gasteiger partial charge in [0.2, 0.25) is 0 Å². The second-order valence-corrected chi connectivity index (χ2v) is 5.70. The molecule has 3 heteroatoms. The first-order valence-electron chi connectivity index (χ1n) is 5.69. The fraction of sp³-hybridized carbons (Fsp3) is 0.917. The van der Waals surface area contributed by atoms with Crippen molar-refractivity contribution in [3.63, 3.8) is 0 Å². The largest absolute Gasteiger partial charge is 0.460 e. The van der Waals surface area contributed by atoms with Crippen LogP contribution in [0.5, 0.6) is 0 Å². The standard InChI is InChI=1S/C12H22O3/c1-8-5-9(7-10(13)6-8)11(14)15-12(2,3)4/h8-10,13H,5-7H2,1-4H3/t8-,9?,10-/m0/s1. The third-order valence-electron chi connectivity index (χ3n) is 2.66. The van der Waals surface area contributed by atoms with Gasteiger partial charge in [0.1, 0.15) is 5.60 Å². The van der Waals surface area contributed by atoms with Crippen molar-refractivity contribution in [2.75, 3.05) is 0 Å². The van der Waals surface area contributed by atoms with Gasteiger partial charge in [0.25, 0.3) is 0 Å². The molecule has 0 aromatic heterocycles. The Morgan fingerprint density at radius 1 is 1.27 bits per heavy atom. The van der Waals surface area contributed by atoms with Crippen molar-refractivity contribution in [1.82, 2.24) is 0 Å². The molecule has 0 aromatic rings. The summed E-state index contributed by atoms with van der Waals surface area (Å²) in [7, 11) is 0. The van der Waals surface area contributed by atoms with E-state index in [0.29, 0.717) is 12.3 Å². The third kappa shape index (κ3) is 4.20. The molecule has 0 spiro atoms. The van der Waals surface area contributed by atoms with Gasteiger partial charge in [0.15, 0.2) is 0 Å². The van der Waals surface area contributed by atoms with E-state index in [4.69, 9.17) is 4.74 Å². The Morgan fingerprint density at radius 3 is 2.33 bits per heavy atom. The summed E-state index contributed by atoms with van der Waals surface area (Å²) in [6.45, 7) is 7.68. The molecule has 1 fully saturated rings. The Morgan fingerprint density at radius 2 is 1.87 bits per heavy atom. The molecule has 0 radical (unpaired) electrons. The zero-order chi connectivity index (χ0) is 11.6. The number of aliphatic hydroxyl groups excluding tert-OH is 1.